The predicted molar refractivity (Wildman–Crippen MR) is 103 cm³/mol. The molecular weight excluding hydrogens is 364 g/mol. The van der Waals surface area contributed by atoms with Gasteiger partial charge in [-0.15, -0.1) is 12.4 Å². The molecule has 1 aromatic rings. The lowest BCUT2D eigenvalue weighted by atomic mass is 10.1. The van der Waals surface area contributed by atoms with E-state index in [1.807, 2.05) is 37.3 Å². The van der Waals surface area contributed by atoms with Crippen LogP contribution in [-0.2, 0) is 20.9 Å². The molecule has 8 heteroatoms. The monoisotopic (exact) mass is 390 g/mol. The molecule has 0 saturated heterocycles. The predicted octanol–water partition coefficient (Wildman–Crippen LogP) is 1.49. The summed E-state index contributed by atoms with van der Waals surface area (Å²) in [5, 5.41) is 12.4. The molecule has 0 saturated carbocycles. The van der Waals surface area contributed by atoms with Gasteiger partial charge in [-0.25, -0.2) is 4.79 Å². The quantitative estimate of drug-likeness (QED) is 0.413. The van der Waals surface area contributed by atoms with Crippen LogP contribution in [0.3, 0.4) is 0 Å². The summed E-state index contributed by atoms with van der Waals surface area (Å²) in [6, 6.07) is 7.75. The minimum atomic E-state index is -1.34. The number of rotatable bonds is 10. The van der Waals surface area contributed by atoms with Gasteiger partial charge in [0.2, 0.25) is 0 Å². The second-order valence-corrected chi connectivity index (χ2v) is 6.81. The second kappa shape index (κ2) is 13.0. The molecule has 1 rings (SSSR count). The number of nitrogens with two attached hydrogens (primary N) is 1. The molecule has 0 radical (unpaired) electrons. The Morgan fingerprint density at radius 1 is 1.32 bits per heavy atom. The Labute approximate surface area is 159 Å². The zero-order valence-electron chi connectivity index (χ0n) is 14.5. The van der Waals surface area contributed by atoms with Crippen LogP contribution >= 0.6 is 24.2 Å². The zero-order valence-corrected chi connectivity index (χ0v) is 16.1. The summed E-state index contributed by atoms with van der Waals surface area (Å²) in [6.07, 6.45) is -0.813. The first-order chi connectivity index (χ1) is 11.5. The standard InChI is InChI=1S/C17H26N2O4S.ClH/c1-3-24-10-9-14(18)15(20)16(21)19-12(2)17(22)23-11-13-7-5-4-6-8-13;/h4-8,12,14-15,20H,3,9-11,18H2,1-2H3,(H,19,21);1H/t12-,14-,15-;/m1./s1. The van der Waals surface area contributed by atoms with Crippen molar-refractivity contribution in [3.05, 3.63) is 35.9 Å². The molecule has 0 bridgehead atoms. The van der Waals surface area contributed by atoms with Crippen LogP contribution < -0.4 is 11.1 Å². The van der Waals surface area contributed by atoms with E-state index in [0.29, 0.717) is 6.42 Å². The minimum absolute atomic E-state index is 0. The highest BCUT2D eigenvalue weighted by molar-refractivity contribution is 7.99. The van der Waals surface area contributed by atoms with Crippen molar-refractivity contribution >= 4 is 36.0 Å². The first kappa shape index (κ1) is 23.7. The molecule has 25 heavy (non-hydrogen) atoms. The van der Waals surface area contributed by atoms with Crippen molar-refractivity contribution < 1.29 is 19.4 Å². The Kier molecular flexibility index (Phi) is 12.3. The van der Waals surface area contributed by atoms with E-state index in [9.17, 15) is 14.7 Å². The van der Waals surface area contributed by atoms with E-state index in [0.717, 1.165) is 17.1 Å². The second-order valence-electron chi connectivity index (χ2n) is 5.42. The topological polar surface area (TPSA) is 102 Å². The summed E-state index contributed by atoms with van der Waals surface area (Å²) in [4.78, 5) is 23.9. The third-order valence-corrected chi connectivity index (χ3v) is 4.34. The molecule has 4 N–H and O–H groups in total. The van der Waals surface area contributed by atoms with Crippen molar-refractivity contribution in [3.8, 4) is 0 Å². The average molecular weight is 391 g/mol. The van der Waals surface area contributed by atoms with Crippen molar-refractivity contribution in [2.75, 3.05) is 11.5 Å². The molecule has 0 aromatic heterocycles. The summed E-state index contributed by atoms with van der Waals surface area (Å²) < 4.78 is 5.14. The van der Waals surface area contributed by atoms with Crippen LogP contribution in [0, 0.1) is 0 Å². The van der Waals surface area contributed by atoms with Crippen LogP contribution in [0.4, 0.5) is 0 Å². The van der Waals surface area contributed by atoms with E-state index >= 15 is 0 Å². The molecule has 0 unspecified atom stereocenters. The number of benzene rings is 1. The summed E-state index contributed by atoms with van der Waals surface area (Å²) in [7, 11) is 0. The largest absolute Gasteiger partial charge is 0.459 e. The molecule has 0 heterocycles. The number of amides is 1. The van der Waals surface area contributed by atoms with Gasteiger partial charge in [-0.2, -0.15) is 11.8 Å². The third-order valence-electron chi connectivity index (χ3n) is 3.41. The van der Waals surface area contributed by atoms with Crippen molar-refractivity contribution in [3.63, 3.8) is 0 Å². The summed E-state index contributed by atoms with van der Waals surface area (Å²) in [6.45, 7) is 3.68. The van der Waals surface area contributed by atoms with Gasteiger partial charge < -0.3 is 20.9 Å². The number of hydrogen-bond donors (Lipinski definition) is 3. The van der Waals surface area contributed by atoms with Crippen molar-refractivity contribution in [2.24, 2.45) is 5.73 Å². The van der Waals surface area contributed by atoms with Crippen LogP contribution in [0.2, 0.25) is 0 Å². The number of ether oxygens (including phenoxy) is 1. The van der Waals surface area contributed by atoms with Gasteiger partial charge in [-0.3, -0.25) is 4.79 Å². The van der Waals surface area contributed by atoms with E-state index in [2.05, 4.69) is 5.32 Å². The van der Waals surface area contributed by atoms with E-state index in [4.69, 9.17) is 10.5 Å². The van der Waals surface area contributed by atoms with Crippen LogP contribution in [0.5, 0.6) is 0 Å². The van der Waals surface area contributed by atoms with E-state index < -0.39 is 30.1 Å². The molecule has 0 fully saturated rings. The fourth-order valence-corrected chi connectivity index (χ4v) is 2.65. The van der Waals surface area contributed by atoms with Gasteiger partial charge in [0, 0.05) is 6.04 Å². The minimum Gasteiger partial charge on any atom is -0.459 e. The van der Waals surface area contributed by atoms with Crippen molar-refractivity contribution in [2.45, 2.75) is 45.1 Å². The molecule has 1 amide bonds. The van der Waals surface area contributed by atoms with E-state index in [1.54, 1.807) is 11.8 Å². The van der Waals surface area contributed by atoms with Gasteiger partial charge in [-0.05, 0) is 30.4 Å². The molecule has 0 aliphatic carbocycles. The number of hydrogen-bond acceptors (Lipinski definition) is 6. The third kappa shape index (κ3) is 9.11. The van der Waals surface area contributed by atoms with Crippen molar-refractivity contribution in [1.82, 2.24) is 5.32 Å². The van der Waals surface area contributed by atoms with E-state index in [1.165, 1.54) is 6.92 Å². The molecule has 1 aromatic carbocycles. The highest BCUT2D eigenvalue weighted by Crippen LogP contribution is 2.06. The van der Waals surface area contributed by atoms with Gasteiger partial charge >= 0.3 is 5.97 Å². The molecule has 142 valence electrons. The fourth-order valence-electron chi connectivity index (χ4n) is 1.93. The highest BCUT2D eigenvalue weighted by Gasteiger charge is 2.26. The lowest BCUT2D eigenvalue weighted by molar-refractivity contribution is -0.149. The molecular formula is C17H27ClN2O4S. The first-order valence-electron chi connectivity index (χ1n) is 7.98. The van der Waals surface area contributed by atoms with Crippen LogP contribution in [0.1, 0.15) is 25.8 Å². The Balaban J connectivity index is 0.00000576. The smallest absolute Gasteiger partial charge is 0.328 e. The van der Waals surface area contributed by atoms with E-state index in [-0.39, 0.29) is 19.0 Å². The van der Waals surface area contributed by atoms with Gasteiger partial charge in [0.15, 0.2) is 0 Å². The maximum Gasteiger partial charge on any atom is 0.328 e. The van der Waals surface area contributed by atoms with Gasteiger partial charge in [0.1, 0.15) is 18.8 Å². The fraction of sp³-hybridized carbons (Fsp3) is 0.529. The normalized spacial score (nSPS) is 13.9. The van der Waals surface area contributed by atoms with Gasteiger partial charge in [0.05, 0.1) is 0 Å². The number of nitrogens with one attached hydrogen (secondary N) is 1. The number of thioether (sulfide) groups is 1. The molecule has 3 atom stereocenters. The number of halogens is 1. The molecule has 0 spiro atoms. The summed E-state index contributed by atoms with van der Waals surface area (Å²) >= 11 is 1.69. The van der Waals surface area contributed by atoms with Crippen LogP contribution in [-0.4, -0.2) is 46.7 Å². The molecule has 6 nitrogen and oxygen atoms in total. The maximum atomic E-state index is 12.0. The van der Waals surface area contributed by atoms with Crippen molar-refractivity contribution in [1.29, 1.82) is 0 Å². The van der Waals surface area contributed by atoms with Gasteiger partial charge in [0.25, 0.3) is 5.91 Å². The Bertz CT molecular complexity index is 519. The Hall–Kier alpha value is -1.28. The molecule has 0 aliphatic heterocycles. The van der Waals surface area contributed by atoms with Crippen LogP contribution in [0.25, 0.3) is 0 Å². The molecule has 0 aliphatic rings. The number of aliphatic hydroxyl groups is 1. The summed E-state index contributed by atoms with van der Waals surface area (Å²) in [5.74, 6) is 0.512. The zero-order chi connectivity index (χ0) is 17.9. The Morgan fingerprint density at radius 3 is 2.56 bits per heavy atom. The lowest BCUT2D eigenvalue weighted by Gasteiger charge is -2.20. The lowest BCUT2D eigenvalue weighted by Crippen LogP contribution is -2.50. The summed E-state index contributed by atoms with van der Waals surface area (Å²) in [5.41, 5.74) is 6.67. The van der Waals surface area contributed by atoms with Crippen LogP contribution in [0.15, 0.2) is 30.3 Å². The number of aliphatic hydroxyl groups excluding tert-OH is 1. The highest BCUT2D eigenvalue weighted by atomic mass is 35.5. The number of carbonyl (C=O) groups excluding carboxylic acids is 2. The number of esters is 1. The average Bonchev–Trinajstić information content (AvgIpc) is 2.59. The Morgan fingerprint density at radius 2 is 1.96 bits per heavy atom. The maximum absolute atomic E-state index is 12.0. The SMILES string of the molecule is CCSCC[C@@H](N)[C@@H](O)C(=O)N[C@H](C)C(=O)OCc1ccccc1.Cl. The van der Waals surface area contributed by atoms with Gasteiger partial charge in [-0.1, -0.05) is 37.3 Å². The first-order valence-corrected chi connectivity index (χ1v) is 9.13. The number of carbonyl (C=O) groups is 2.